The van der Waals surface area contributed by atoms with Crippen molar-refractivity contribution in [3.05, 3.63) is 69.5 Å². The lowest BCUT2D eigenvalue weighted by Crippen LogP contribution is -2.31. The van der Waals surface area contributed by atoms with Crippen LogP contribution < -0.4 is 5.69 Å². The number of para-hydroxylation sites is 2. The summed E-state index contributed by atoms with van der Waals surface area (Å²) in [5.41, 5.74) is 3.81. The van der Waals surface area contributed by atoms with Crippen LogP contribution in [0.4, 0.5) is 0 Å². The molecule has 0 amide bonds. The normalized spacial score (nSPS) is 13.8. The summed E-state index contributed by atoms with van der Waals surface area (Å²) in [7, 11) is 0. The molecule has 0 aliphatic carbocycles. The number of hydrogen-bond donors (Lipinski definition) is 1. The first-order valence-electron chi connectivity index (χ1n) is 10.6. The van der Waals surface area contributed by atoms with Gasteiger partial charge in [0.15, 0.2) is 6.29 Å². The van der Waals surface area contributed by atoms with E-state index >= 15 is 0 Å². The molecule has 0 fully saturated rings. The van der Waals surface area contributed by atoms with Crippen LogP contribution >= 0.6 is 11.3 Å². The molecule has 2 aromatic heterocycles. The number of aryl methyl sites for hydroxylation is 1. The van der Waals surface area contributed by atoms with Gasteiger partial charge in [0.1, 0.15) is 6.23 Å². The lowest BCUT2D eigenvalue weighted by Gasteiger charge is -2.21. The number of rotatable bonds is 9. The van der Waals surface area contributed by atoms with Crippen molar-refractivity contribution < 1.29 is 14.6 Å². The minimum absolute atomic E-state index is 0.156. The molecule has 0 aliphatic heterocycles. The summed E-state index contributed by atoms with van der Waals surface area (Å²) in [6.45, 7) is 7.09. The van der Waals surface area contributed by atoms with Crippen LogP contribution in [0.2, 0.25) is 0 Å². The zero-order valence-corrected chi connectivity index (χ0v) is 18.9. The molecule has 2 aromatic carbocycles. The van der Waals surface area contributed by atoms with Gasteiger partial charge in [0.05, 0.1) is 17.6 Å². The quantitative estimate of drug-likeness (QED) is 0.385. The number of hydrogen-bond acceptors (Lipinski definition) is 5. The molecule has 0 bridgehead atoms. The predicted molar refractivity (Wildman–Crippen MR) is 125 cm³/mol. The van der Waals surface area contributed by atoms with Crippen molar-refractivity contribution in [2.24, 2.45) is 0 Å². The number of imidazole rings is 1. The van der Waals surface area contributed by atoms with Gasteiger partial charge in [-0.05, 0) is 55.5 Å². The fraction of sp³-hybridized carbons (Fsp3) is 0.375. The highest BCUT2D eigenvalue weighted by atomic mass is 32.1. The van der Waals surface area contributed by atoms with E-state index in [1.807, 2.05) is 38.1 Å². The van der Waals surface area contributed by atoms with E-state index in [-0.39, 0.29) is 12.1 Å². The van der Waals surface area contributed by atoms with Crippen LogP contribution in [-0.2, 0) is 16.0 Å². The molecule has 1 N–H and O–H groups in total. The lowest BCUT2D eigenvalue weighted by atomic mass is 10.1. The molecule has 4 aromatic rings. The summed E-state index contributed by atoms with van der Waals surface area (Å²) in [5, 5.41) is 13.6. The van der Waals surface area contributed by atoms with E-state index in [0.717, 1.165) is 16.6 Å². The van der Waals surface area contributed by atoms with Crippen LogP contribution in [0, 0.1) is 6.92 Å². The summed E-state index contributed by atoms with van der Waals surface area (Å²) in [6, 6.07) is 14.0. The Morgan fingerprint density at radius 2 is 1.77 bits per heavy atom. The van der Waals surface area contributed by atoms with Gasteiger partial charge in [-0.15, -0.1) is 11.3 Å². The van der Waals surface area contributed by atoms with Crippen molar-refractivity contribution in [3.63, 3.8) is 0 Å². The summed E-state index contributed by atoms with van der Waals surface area (Å²) >= 11 is 1.70. The third-order valence-corrected chi connectivity index (χ3v) is 6.49. The second-order valence-corrected chi connectivity index (χ2v) is 8.40. The molecule has 7 heteroatoms. The zero-order valence-electron chi connectivity index (χ0n) is 18.1. The predicted octanol–water partition coefficient (Wildman–Crippen LogP) is 4.65. The van der Waals surface area contributed by atoms with Crippen molar-refractivity contribution in [2.45, 2.75) is 46.3 Å². The summed E-state index contributed by atoms with van der Waals surface area (Å²) < 4.78 is 15.8. The SMILES string of the molecule is CCOC(O)CC(OCC)n1c(=O)n(Cc2csc3cccc(C)c23)c2ccccc21. The molecule has 164 valence electrons. The first kappa shape index (κ1) is 21.8. The van der Waals surface area contributed by atoms with Crippen LogP contribution in [0.25, 0.3) is 21.1 Å². The summed E-state index contributed by atoms with van der Waals surface area (Å²) in [5.74, 6) is 0. The molecular weight excluding hydrogens is 412 g/mol. The standard InChI is InChI=1S/C24H28N2O4S/c1-4-29-21(13-22(27)30-5-2)26-19-11-7-6-10-18(19)25(24(26)28)14-17-15-31-20-12-8-9-16(3)23(17)20/h6-12,15,21-22,27H,4-5,13-14H2,1-3H3. The first-order chi connectivity index (χ1) is 15.0. The van der Waals surface area contributed by atoms with Crippen molar-refractivity contribution in [1.82, 2.24) is 9.13 Å². The average molecular weight is 441 g/mol. The Labute approximate surface area is 185 Å². The second kappa shape index (κ2) is 9.36. The number of aliphatic hydroxyl groups is 1. The van der Waals surface area contributed by atoms with Gasteiger partial charge < -0.3 is 14.6 Å². The average Bonchev–Trinajstić information content (AvgIpc) is 3.28. The Balaban J connectivity index is 1.82. The lowest BCUT2D eigenvalue weighted by molar-refractivity contribution is -0.136. The number of benzene rings is 2. The number of nitrogens with zero attached hydrogens (tertiary/aromatic N) is 2. The number of fused-ring (bicyclic) bond motifs is 2. The largest absolute Gasteiger partial charge is 0.368 e. The molecule has 2 atom stereocenters. The topological polar surface area (TPSA) is 65.6 Å². The van der Waals surface area contributed by atoms with E-state index in [9.17, 15) is 9.90 Å². The third-order valence-electron chi connectivity index (χ3n) is 5.49. The van der Waals surface area contributed by atoms with Gasteiger partial charge in [0, 0.05) is 29.7 Å². The molecule has 31 heavy (non-hydrogen) atoms. The third kappa shape index (κ3) is 4.19. The Hall–Kier alpha value is -2.45. The minimum atomic E-state index is -1.00. The number of aliphatic hydroxyl groups excluding tert-OH is 1. The van der Waals surface area contributed by atoms with E-state index in [2.05, 4.69) is 30.5 Å². The number of thiophene rings is 1. The molecule has 6 nitrogen and oxygen atoms in total. The van der Waals surface area contributed by atoms with Crippen LogP contribution in [0.5, 0.6) is 0 Å². The molecule has 0 spiro atoms. The maximum absolute atomic E-state index is 13.6. The van der Waals surface area contributed by atoms with Gasteiger partial charge in [0.2, 0.25) is 0 Å². The number of aromatic nitrogens is 2. The smallest absolute Gasteiger partial charge is 0.331 e. The van der Waals surface area contributed by atoms with Gasteiger partial charge in [-0.1, -0.05) is 24.3 Å². The monoisotopic (exact) mass is 440 g/mol. The highest BCUT2D eigenvalue weighted by Crippen LogP contribution is 2.30. The van der Waals surface area contributed by atoms with Crippen LogP contribution in [0.1, 0.15) is 37.6 Å². The fourth-order valence-electron chi connectivity index (χ4n) is 4.17. The Morgan fingerprint density at radius 1 is 1.03 bits per heavy atom. The molecule has 0 radical (unpaired) electrons. The second-order valence-electron chi connectivity index (χ2n) is 7.49. The molecule has 0 saturated carbocycles. The molecule has 2 heterocycles. The van der Waals surface area contributed by atoms with E-state index in [1.165, 1.54) is 15.6 Å². The van der Waals surface area contributed by atoms with Crippen molar-refractivity contribution in [2.75, 3.05) is 13.2 Å². The maximum atomic E-state index is 13.6. The Kier molecular flexibility index (Phi) is 6.57. The van der Waals surface area contributed by atoms with Crippen molar-refractivity contribution in [1.29, 1.82) is 0 Å². The Bertz CT molecular complexity index is 1240. The highest BCUT2D eigenvalue weighted by molar-refractivity contribution is 7.17. The van der Waals surface area contributed by atoms with Gasteiger partial charge in [0.25, 0.3) is 0 Å². The van der Waals surface area contributed by atoms with Gasteiger partial charge in [-0.3, -0.25) is 9.13 Å². The van der Waals surface area contributed by atoms with Gasteiger partial charge in [-0.25, -0.2) is 4.79 Å². The molecule has 0 aliphatic rings. The molecule has 4 rings (SSSR count). The maximum Gasteiger partial charge on any atom is 0.331 e. The molecule has 2 unspecified atom stereocenters. The van der Waals surface area contributed by atoms with E-state index < -0.39 is 12.5 Å². The summed E-state index contributed by atoms with van der Waals surface area (Å²) in [6.07, 6.45) is -1.44. The first-order valence-corrected chi connectivity index (χ1v) is 11.5. The van der Waals surface area contributed by atoms with E-state index in [4.69, 9.17) is 9.47 Å². The fourth-order valence-corrected chi connectivity index (χ4v) is 5.20. The van der Waals surface area contributed by atoms with Crippen LogP contribution in [0.3, 0.4) is 0 Å². The zero-order chi connectivity index (χ0) is 22.0. The molecular formula is C24H28N2O4S. The van der Waals surface area contributed by atoms with Crippen molar-refractivity contribution in [3.8, 4) is 0 Å². The summed E-state index contributed by atoms with van der Waals surface area (Å²) in [4.78, 5) is 13.6. The molecule has 0 saturated heterocycles. The van der Waals surface area contributed by atoms with E-state index in [0.29, 0.717) is 19.8 Å². The van der Waals surface area contributed by atoms with Gasteiger partial charge in [-0.2, -0.15) is 0 Å². The van der Waals surface area contributed by atoms with E-state index in [1.54, 1.807) is 20.5 Å². The Morgan fingerprint density at radius 3 is 2.52 bits per heavy atom. The van der Waals surface area contributed by atoms with Crippen LogP contribution in [0.15, 0.2) is 52.6 Å². The van der Waals surface area contributed by atoms with Crippen molar-refractivity contribution >= 4 is 32.5 Å². The number of ether oxygens (including phenoxy) is 2. The minimum Gasteiger partial charge on any atom is -0.368 e. The van der Waals surface area contributed by atoms with Gasteiger partial charge >= 0.3 is 5.69 Å². The highest BCUT2D eigenvalue weighted by Gasteiger charge is 2.24. The van der Waals surface area contributed by atoms with Crippen LogP contribution in [-0.4, -0.2) is 33.7 Å².